The molecule has 0 atom stereocenters. The number of para-hydroxylation sites is 2. The van der Waals surface area contributed by atoms with E-state index in [-0.39, 0.29) is 5.69 Å². The first-order valence-electron chi connectivity index (χ1n) is 8.39. The molecule has 10 heteroatoms. The molecule has 2 aromatic carbocycles. The summed E-state index contributed by atoms with van der Waals surface area (Å²) in [6.45, 7) is -1.20. The second kappa shape index (κ2) is 8.74. The van der Waals surface area contributed by atoms with Gasteiger partial charge < -0.3 is 10.1 Å². The smallest absolute Gasteiger partial charge is 0.326 e. The van der Waals surface area contributed by atoms with E-state index in [0.29, 0.717) is 10.9 Å². The Bertz CT molecular complexity index is 1140. The zero-order valence-corrected chi connectivity index (χ0v) is 14.9. The van der Waals surface area contributed by atoms with E-state index in [0.717, 1.165) is 10.6 Å². The number of amides is 3. The third-order valence-electron chi connectivity index (χ3n) is 3.77. The Balaban J connectivity index is 1.51. The molecule has 0 fully saturated rings. The van der Waals surface area contributed by atoms with Crippen molar-refractivity contribution in [3.63, 3.8) is 0 Å². The Morgan fingerprint density at radius 2 is 1.79 bits per heavy atom. The number of esters is 1. The summed E-state index contributed by atoms with van der Waals surface area (Å²) in [5.41, 5.74) is -0.0541. The zero-order valence-electron chi connectivity index (χ0n) is 14.9. The van der Waals surface area contributed by atoms with E-state index in [4.69, 9.17) is 4.74 Å². The molecular formula is C19H15FN4O5. The molecule has 29 heavy (non-hydrogen) atoms. The number of urea groups is 1. The van der Waals surface area contributed by atoms with Gasteiger partial charge in [-0.25, -0.2) is 14.2 Å². The molecule has 9 nitrogen and oxygen atoms in total. The third kappa shape index (κ3) is 5.01. The van der Waals surface area contributed by atoms with Crippen molar-refractivity contribution in [1.82, 2.24) is 14.9 Å². The highest BCUT2D eigenvalue weighted by atomic mass is 19.1. The average Bonchev–Trinajstić information content (AvgIpc) is 2.70. The lowest BCUT2D eigenvalue weighted by Crippen LogP contribution is -2.38. The van der Waals surface area contributed by atoms with Gasteiger partial charge >= 0.3 is 12.0 Å². The van der Waals surface area contributed by atoms with Crippen molar-refractivity contribution in [3.8, 4) is 0 Å². The molecule has 0 aliphatic heterocycles. The number of benzene rings is 2. The minimum Gasteiger partial charge on any atom is -0.454 e. The number of hydrogen-bond donors (Lipinski definition) is 2. The maximum Gasteiger partial charge on any atom is 0.326 e. The van der Waals surface area contributed by atoms with Crippen LogP contribution in [-0.2, 0) is 20.9 Å². The molecule has 0 spiro atoms. The quantitative estimate of drug-likeness (QED) is 0.628. The number of aromatic nitrogens is 2. The Hall–Kier alpha value is -4.08. The number of imide groups is 1. The second-order valence-electron chi connectivity index (χ2n) is 5.84. The van der Waals surface area contributed by atoms with Gasteiger partial charge in [0, 0.05) is 0 Å². The lowest BCUT2D eigenvalue weighted by atomic mass is 10.2. The Morgan fingerprint density at radius 1 is 1.07 bits per heavy atom. The number of ether oxygens (including phenoxy) is 1. The predicted molar refractivity (Wildman–Crippen MR) is 101 cm³/mol. The molecule has 3 rings (SSSR count). The van der Waals surface area contributed by atoms with Gasteiger partial charge in [-0.1, -0.05) is 24.3 Å². The van der Waals surface area contributed by atoms with Gasteiger partial charge in [-0.05, 0) is 24.3 Å². The maximum absolute atomic E-state index is 13.4. The van der Waals surface area contributed by atoms with Gasteiger partial charge in [0.1, 0.15) is 12.4 Å². The lowest BCUT2D eigenvalue weighted by Gasteiger charge is -2.09. The van der Waals surface area contributed by atoms with Gasteiger partial charge in [0.05, 0.1) is 22.9 Å². The van der Waals surface area contributed by atoms with Crippen LogP contribution >= 0.6 is 0 Å². The van der Waals surface area contributed by atoms with Crippen molar-refractivity contribution in [2.24, 2.45) is 0 Å². The Labute approximate surface area is 163 Å². The highest BCUT2D eigenvalue weighted by Crippen LogP contribution is 2.11. The van der Waals surface area contributed by atoms with Crippen LogP contribution in [0.4, 0.5) is 14.9 Å². The molecule has 2 N–H and O–H groups in total. The summed E-state index contributed by atoms with van der Waals surface area (Å²) in [5, 5.41) is 4.39. The van der Waals surface area contributed by atoms with Crippen LogP contribution in [0.2, 0.25) is 0 Å². The summed E-state index contributed by atoms with van der Waals surface area (Å²) in [6, 6.07) is 11.1. The van der Waals surface area contributed by atoms with E-state index in [1.165, 1.54) is 24.5 Å². The number of fused-ring (bicyclic) bond motifs is 1. The van der Waals surface area contributed by atoms with Crippen LogP contribution in [0.3, 0.4) is 0 Å². The zero-order chi connectivity index (χ0) is 20.8. The van der Waals surface area contributed by atoms with Gasteiger partial charge in [-0.2, -0.15) is 0 Å². The topological polar surface area (TPSA) is 119 Å². The Kier molecular flexibility index (Phi) is 5.93. The number of nitrogens with zero attached hydrogens (tertiary/aromatic N) is 2. The van der Waals surface area contributed by atoms with Crippen molar-refractivity contribution < 1.29 is 23.5 Å². The van der Waals surface area contributed by atoms with E-state index in [1.807, 2.05) is 5.32 Å². The molecule has 1 heterocycles. The Morgan fingerprint density at radius 3 is 2.59 bits per heavy atom. The molecule has 0 unspecified atom stereocenters. The molecule has 3 aromatic rings. The first-order valence-corrected chi connectivity index (χ1v) is 8.39. The van der Waals surface area contributed by atoms with Gasteiger partial charge in [-0.3, -0.25) is 24.3 Å². The van der Waals surface area contributed by atoms with Crippen LogP contribution in [0, 0.1) is 5.82 Å². The summed E-state index contributed by atoms with van der Waals surface area (Å²) in [4.78, 5) is 51.6. The molecule has 1 aromatic heterocycles. The summed E-state index contributed by atoms with van der Waals surface area (Å²) in [5.74, 6) is -2.46. The molecule has 0 radical (unpaired) electrons. The summed E-state index contributed by atoms with van der Waals surface area (Å²) < 4.78 is 19.3. The van der Waals surface area contributed by atoms with E-state index >= 15 is 0 Å². The predicted octanol–water partition coefficient (Wildman–Crippen LogP) is 1.43. The number of carbonyl (C=O) groups excluding carboxylic acids is 3. The lowest BCUT2D eigenvalue weighted by molar-refractivity contribution is -0.148. The van der Waals surface area contributed by atoms with Crippen molar-refractivity contribution >= 4 is 34.5 Å². The maximum atomic E-state index is 13.4. The number of halogens is 1. The van der Waals surface area contributed by atoms with Crippen molar-refractivity contribution in [1.29, 1.82) is 0 Å². The highest BCUT2D eigenvalue weighted by Gasteiger charge is 2.14. The normalized spacial score (nSPS) is 10.4. The first-order chi connectivity index (χ1) is 13.9. The second-order valence-corrected chi connectivity index (χ2v) is 5.84. The van der Waals surface area contributed by atoms with Crippen LogP contribution in [-0.4, -0.2) is 34.1 Å². The molecule has 0 saturated carbocycles. The molecule has 0 aliphatic carbocycles. The van der Waals surface area contributed by atoms with Crippen molar-refractivity contribution in [2.75, 3.05) is 11.9 Å². The number of hydrogen-bond acceptors (Lipinski definition) is 6. The number of rotatable bonds is 5. The first kappa shape index (κ1) is 19.7. The minimum atomic E-state index is -0.980. The van der Waals surface area contributed by atoms with Gasteiger partial charge in [-0.15, -0.1) is 0 Å². The highest BCUT2D eigenvalue weighted by molar-refractivity contribution is 6.01. The van der Waals surface area contributed by atoms with E-state index < -0.39 is 42.4 Å². The molecule has 0 saturated heterocycles. The molecule has 0 aliphatic rings. The average molecular weight is 398 g/mol. The molecule has 0 bridgehead atoms. The van der Waals surface area contributed by atoms with Crippen molar-refractivity contribution in [2.45, 2.75) is 6.54 Å². The molecule has 148 valence electrons. The molecular weight excluding hydrogens is 383 g/mol. The monoisotopic (exact) mass is 398 g/mol. The fourth-order valence-corrected chi connectivity index (χ4v) is 2.43. The van der Waals surface area contributed by atoms with Gasteiger partial charge in [0.15, 0.2) is 6.61 Å². The van der Waals surface area contributed by atoms with Gasteiger partial charge in [0.25, 0.3) is 11.5 Å². The minimum absolute atomic E-state index is 0.113. The van der Waals surface area contributed by atoms with Crippen LogP contribution in [0.25, 0.3) is 10.9 Å². The standard InChI is InChI=1S/C19H15FN4O5/c20-13-6-2-4-8-15(13)22-19(28)23-16(25)10-29-17(26)9-24-11-21-14-7-3-1-5-12(14)18(24)27/h1-8,11H,9-10H2,(H2,22,23,25,28). The van der Waals surface area contributed by atoms with E-state index in [9.17, 15) is 23.6 Å². The fourth-order valence-electron chi connectivity index (χ4n) is 2.43. The van der Waals surface area contributed by atoms with E-state index in [2.05, 4.69) is 10.3 Å². The van der Waals surface area contributed by atoms with Crippen molar-refractivity contribution in [3.05, 3.63) is 71.0 Å². The van der Waals surface area contributed by atoms with Crippen LogP contribution in [0.1, 0.15) is 0 Å². The summed E-state index contributed by atoms with van der Waals surface area (Å²) in [7, 11) is 0. The summed E-state index contributed by atoms with van der Waals surface area (Å²) >= 11 is 0. The van der Waals surface area contributed by atoms with Crippen LogP contribution < -0.4 is 16.2 Å². The summed E-state index contributed by atoms with van der Waals surface area (Å²) in [6.07, 6.45) is 1.20. The third-order valence-corrected chi connectivity index (χ3v) is 3.77. The number of carbonyl (C=O) groups is 3. The molecule has 3 amide bonds. The SMILES string of the molecule is O=C(COC(=O)Cn1cnc2ccccc2c1=O)NC(=O)Nc1ccccc1F. The van der Waals surface area contributed by atoms with Gasteiger partial charge in [0.2, 0.25) is 0 Å². The van der Waals surface area contributed by atoms with Crippen LogP contribution in [0.15, 0.2) is 59.7 Å². The van der Waals surface area contributed by atoms with E-state index in [1.54, 1.807) is 24.3 Å². The van der Waals surface area contributed by atoms with Crippen LogP contribution in [0.5, 0.6) is 0 Å². The number of nitrogens with one attached hydrogen (secondary N) is 2. The fraction of sp³-hybridized carbons (Fsp3) is 0.105. The number of anilines is 1. The largest absolute Gasteiger partial charge is 0.454 e.